The summed E-state index contributed by atoms with van der Waals surface area (Å²) in [6.07, 6.45) is 0. The number of hydrogen-bond acceptors (Lipinski definition) is 5. The maximum Gasteiger partial charge on any atom is 0.334 e. The highest BCUT2D eigenvalue weighted by atomic mass is 16.5. The minimum absolute atomic E-state index is 0.0906. The van der Waals surface area contributed by atoms with E-state index in [1.807, 2.05) is 0 Å². The van der Waals surface area contributed by atoms with Gasteiger partial charge < -0.3 is 10.1 Å². The lowest BCUT2D eigenvalue weighted by Crippen LogP contribution is -2.41. The summed E-state index contributed by atoms with van der Waals surface area (Å²) in [4.78, 5) is 48.4. The van der Waals surface area contributed by atoms with E-state index >= 15 is 0 Å². The number of likely N-dealkylation sites (N-methyl/N-ethyl adjacent to an activating group) is 1. The molecule has 1 heterocycles. The molecule has 23 heavy (non-hydrogen) atoms. The molecule has 1 N–H and O–H groups in total. The van der Waals surface area contributed by atoms with Crippen LogP contribution < -0.4 is 10.1 Å². The lowest BCUT2D eigenvalue weighted by Gasteiger charge is -2.14. The van der Waals surface area contributed by atoms with E-state index in [0.717, 1.165) is 10.5 Å². The van der Waals surface area contributed by atoms with Crippen molar-refractivity contribution in [1.82, 2.24) is 15.1 Å². The van der Waals surface area contributed by atoms with Crippen LogP contribution in [-0.2, 0) is 20.9 Å². The molecule has 5 amide bonds. The first-order chi connectivity index (χ1) is 11.0. The molecule has 0 spiro atoms. The minimum atomic E-state index is -0.976. The molecule has 0 saturated carbocycles. The van der Waals surface area contributed by atoms with E-state index in [2.05, 4.69) is 5.32 Å². The molecule has 0 unspecified atom stereocenters. The highest BCUT2D eigenvalue weighted by Gasteiger charge is 2.44. The molecular weight excluding hydrogens is 302 g/mol. The maximum absolute atomic E-state index is 11.9. The van der Waals surface area contributed by atoms with Crippen LogP contribution in [-0.4, -0.2) is 53.8 Å². The normalized spacial score (nSPS) is 14.4. The van der Waals surface area contributed by atoms with Crippen molar-refractivity contribution < 1.29 is 23.9 Å². The van der Waals surface area contributed by atoms with Crippen molar-refractivity contribution in [3.05, 3.63) is 29.8 Å². The number of methoxy groups -OCH3 is 1. The van der Waals surface area contributed by atoms with Gasteiger partial charge in [0.2, 0.25) is 5.91 Å². The Morgan fingerprint density at radius 2 is 1.70 bits per heavy atom. The van der Waals surface area contributed by atoms with Crippen LogP contribution in [0.15, 0.2) is 24.3 Å². The van der Waals surface area contributed by atoms with Crippen LogP contribution in [0.5, 0.6) is 5.75 Å². The van der Waals surface area contributed by atoms with Crippen LogP contribution in [0, 0.1) is 0 Å². The van der Waals surface area contributed by atoms with Crippen LogP contribution in [0.4, 0.5) is 4.79 Å². The Labute approximate surface area is 133 Å². The van der Waals surface area contributed by atoms with Gasteiger partial charge in [-0.2, -0.15) is 0 Å². The second-order valence-electron chi connectivity index (χ2n) is 4.85. The second kappa shape index (κ2) is 6.91. The van der Waals surface area contributed by atoms with Crippen LogP contribution in [0.1, 0.15) is 12.5 Å². The quantitative estimate of drug-likeness (QED) is 0.593. The van der Waals surface area contributed by atoms with E-state index in [-0.39, 0.29) is 13.1 Å². The number of hydrogen-bond donors (Lipinski definition) is 1. The average Bonchev–Trinajstić information content (AvgIpc) is 2.76. The number of rotatable bonds is 6. The summed E-state index contributed by atoms with van der Waals surface area (Å²) in [5, 5.41) is 2.60. The molecule has 1 aliphatic rings. The molecule has 0 bridgehead atoms. The van der Waals surface area contributed by atoms with Gasteiger partial charge in [-0.25, -0.2) is 9.69 Å². The number of amides is 5. The summed E-state index contributed by atoms with van der Waals surface area (Å²) in [6, 6.07) is 6.32. The van der Waals surface area contributed by atoms with Crippen LogP contribution >= 0.6 is 0 Å². The highest BCUT2D eigenvalue weighted by molar-refractivity contribution is 6.45. The zero-order chi connectivity index (χ0) is 17.0. The number of nitrogens with zero attached hydrogens (tertiary/aromatic N) is 2. The molecule has 1 aliphatic heterocycles. The number of carbonyl (C=O) groups excluding carboxylic acids is 4. The Hall–Kier alpha value is -2.90. The van der Waals surface area contributed by atoms with E-state index in [9.17, 15) is 19.2 Å². The molecule has 0 atom stereocenters. The number of benzene rings is 1. The van der Waals surface area contributed by atoms with E-state index in [1.54, 1.807) is 38.3 Å². The van der Waals surface area contributed by atoms with Gasteiger partial charge in [0.05, 0.1) is 7.11 Å². The van der Waals surface area contributed by atoms with Crippen LogP contribution in [0.2, 0.25) is 0 Å². The summed E-state index contributed by atoms with van der Waals surface area (Å²) in [5.74, 6) is -1.70. The number of urea groups is 1. The fourth-order valence-electron chi connectivity index (χ4n) is 2.11. The van der Waals surface area contributed by atoms with E-state index in [0.29, 0.717) is 10.6 Å². The van der Waals surface area contributed by atoms with E-state index in [1.165, 1.54) is 0 Å². The van der Waals surface area contributed by atoms with Gasteiger partial charge in [0, 0.05) is 13.1 Å². The zero-order valence-corrected chi connectivity index (χ0v) is 12.9. The molecule has 8 heteroatoms. The fourth-order valence-corrected chi connectivity index (χ4v) is 2.11. The van der Waals surface area contributed by atoms with Gasteiger partial charge in [0.15, 0.2) is 0 Å². The lowest BCUT2D eigenvalue weighted by molar-refractivity contribution is -0.143. The highest BCUT2D eigenvalue weighted by Crippen LogP contribution is 2.12. The Morgan fingerprint density at radius 1 is 1.09 bits per heavy atom. The van der Waals surface area contributed by atoms with Crippen molar-refractivity contribution in [3.63, 3.8) is 0 Å². The third-order valence-electron chi connectivity index (χ3n) is 3.40. The Bertz CT molecular complexity index is 641. The van der Waals surface area contributed by atoms with Gasteiger partial charge in [-0.15, -0.1) is 0 Å². The predicted molar refractivity (Wildman–Crippen MR) is 79.3 cm³/mol. The van der Waals surface area contributed by atoms with Crippen molar-refractivity contribution in [3.8, 4) is 5.75 Å². The van der Waals surface area contributed by atoms with Crippen molar-refractivity contribution >= 4 is 23.8 Å². The zero-order valence-electron chi connectivity index (χ0n) is 12.9. The molecule has 2 rings (SSSR count). The second-order valence-corrected chi connectivity index (χ2v) is 4.85. The molecule has 0 aliphatic carbocycles. The van der Waals surface area contributed by atoms with Gasteiger partial charge in [0.1, 0.15) is 12.3 Å². The fraction of sp³-hybridized carbons (Fsp3) is 0.333. The molecular formula is C15H17N3O5. The monoisotopic (exact) mass is 319 g/mol. The van der Waals surface area contributed by atoms with Crippen LogP contribution in [0.25, 0.3) is 0 Å². The summed E-state index contributed by atoms with van der Waals surface area (Å²) in [7, 11) is 1.56. The van der Waals surface area contributed by atoms with Crippen molar-refractivity contribution in [1.29, 1.82) is 0 Å². The molecule has 1 aromatic carbocycles. The van der Waals surface area contributed by atoms with Gasteiger partial charge in [-0.05, 0) is 24.6 Å². The molecule has 1 aromatic rings. The number of carbonyl (C=O) groups is 4. The predicted octanol–water partition coefficient (Wildman–Crippen LogP) is 0.122. The Morgan fingerprint density at radius 3 is 2.22 bits per heavy atom. The van der Waals surface area contributed by atoms with E-state index in [4.69, 9.17) is 4.74 Å². The molecule has 0 aromatic heterocycles. The smallest absolute Gasteiger partial charge is 0.334 e. The molecule has 1 fully saturated rings. The number of imide groups is 2. The van der Waals surface area contributed by atoms with Crippen LogP contribution in [0.3, 0.4) is 0 Å². The average molecular weight is 319 g/mol. The molecule has 122 valence electrons. The molecule has 8 nitrogen and oxygen atoms in total. The molecule has 1 saturated heterocycles. The SMILES string of the molecule is CCN1C(=O)C(=O)N(CC(=O)NCc2ccc(OC)cc2)C1=O. The summed E-state index contributed by atoms with van der Waals surface area (Å²) >= 11 is 0. The maximum atomic E-state index is 11.9. The third-order valence-corrected chi connectivity index (χ3v) is 3.40. The minimum Gasteiger partial charge on any atom is -0.497 e. The largest absolute Gasteiger partial charge is 0.497 e. The number of ether oxygens (including phenoxy) is 1. The van der Waals surface area contributed by atoms with Crippen molar-refractivity contribution in [2.75, 3.05) is 20.2 Å². The Balaban J connectivity index is 1.90. The summed E-state index contributed by atoms with van der Waals surface area (Å²) < 4.78 is 5.03. The number of nitrogens with one attached hydrogen (secondary N) is 1. The van der Waals surface area contributed by atoms with Gasteiger partial charge in [-0.3, -0.25) is 19.3 Å². The standard InChI is InChI=1S/C15H17N3O5/c1-3-17-13(20)14(21)18(15(17)22)9-12(19)16-8-10-4-6-11(23-2)7-5-10/h4-7H,3,8-9H2,1-2H3,(H,16,19). The first-order valence-electron chi connectivity index (χ1n) is 7.04. The summed E-state index contributed by atoms with van der Waals surface area (Å²) in [6.45, 7) is 1.43. The molecule has 0 radical (unpaired) electrons. The topological polar surface area (TPSA) is 96.0 Å². The third kappa shape index (κ3) is 3.47. The van der Waals surface area contributed by atoms with Crippen molar-refractivity contribution in [2.24, 2.45) is 0 Å². The van der Waals surface area contributed by atoms with Gasteiger partial charge in [-0.1, -0.05) is 12.1 Å². The van der Waals surface area contributed by atoms with E-state index < -0.39 is 30.3 Å². The summed E-state index contributed by atoms with van der Waals surface area (Å²) in [5.41, 5.74) is 0.837. The van der Waals surface area contributed by atoms with Gasteiger partial charge in [0.25, 0.3) is 0 Å². The Kier molecular flexibility index (Phi) is 4.95. The van der Waals surface area contributed by atoms with Crippen molar-refractivity contribution in [2.45, 2.75) is 13.5 Å². The van der Waals surface area contributed by atoms with Gasteiger partial charge >= 0.3 is 17.8 Å². The first-order valence-corrected chi connectivity index (χ1v) is 7.04. The lowest BCUT2D eigenvalue weighted by atomic mass is 10.2. The first kappa shape index (κ1) is 16.5.